The first-order valence-electron chi connectivity index (χ1n) is 7.34. The largest absolute Gasteiger partial charge is 0.382 e. The quantitative estimate of drug-likeness (QED) is 0.606. The van der Waals surface area contributed by atoms with E-state index >= 15 is 0 Å². The summed E-state index contributed by atoms with van der Waals surface area (Å²) in [6, 6.07) is 0.145. The highest BCUT2D eigenvalue weighted by atomic mass is 16.7. The number of hydrazine groups is 1. The molecule has 1 aliphatic rings. The Morgan fingerprint density at radius 3 is 2.05 bits per heavy atom. The number of nitrogens with zero attached hydrogens (tertiary/aromatic N) is 1. The van der Waals surface area contributed by atoms with Gasteiger partial charge >= 0.3 is 0 Å². The lowest BCUT2D eigenvalue weighted by molar-refractivity contribution is -0.109. The van der Waals surface area contributed by atoms with Crippen molar-refractivity contribution in [3.05, 3.63) is 0 Å². The average Bonchev–Trinajstić information content (AvgIpc) is 2.78. The van der Waals surface area contributed by atoms with Gasteiger partial charge in [0, 0.05) is 28.3 Å². The molecule has 1 aliphatic heterocycles. The average molecular weight is 290 g/mol. The Labute approximate surface area is 122 Å². The van der Waals surface area contributed by atoms with E-state index in [0.717, 1.165) is 19.3 Å². The molecule has 0 aromatic carbocycles. The molecule has 1 rings (SSSR count). The van der Waals surface area contributed by atoms with Crippen LogP contribution in [-0.2, 0) is 18.9 Å². The van der Waals surface area contributed by atoms with Crippen LogP contribution in [0, 0.1) is 0 Å². The van der Waals surface area contributed by atoms with E-state index in [1.54, 1.807) is 14.2 Å². The molecule has 1 saturated heterocycles. The second kappa shape index (κ2) is 9.65. The Kier molecular flexibility index (Phi) is 8.60. The second-order valence-electron chi connectivity index (χ2n) is 5.40. The maximum absolute atomic E-state index is 6.01. The van der Waals surface area contributed by atoms with Gasteiger partial charge in [-0.25, -0.2) is 5.43 Å². The highest BCUT2D eigenvalue weighted by molar-refractivity contribution is 4.82. The molecule has 0 aromatic rings. The number of hydrogen-bond donors (Lipinski definition) is 1. The van der Waals surface area contributed by atoms with E-state index in [4.69, 9.17) is 18.9 Å². The summed E-state index contributed by atoms with van der Waals surface area (Å²) in [4.78, 5) is 0. The Bertz CT molecular complexity index is 239. The minimum Gasteiger partial charge on any atom is -0.382 e. The predicted octanol–water partition coefficient (Wildman–Crippen LogP) is 1.01. The molecule has 6 nitrogen and oxygen atoms in total. The normalized spacial score (nSPS) is 25.5. The maximum Gasteiger partial charge on any atom is 0.175 e. The zero-order valence-corrected chi connectivity index (χ0v) is 13.4. The van der Waals surface area contributed by atoms with Gasteiger partial charge in [-0.15, -0.1) is 0 Å². The fraction of sp³-hybridized carbons (Fsp3) is 1.00. The summed E-state index contributed by atoms with van der Waals surface area (Å²) < 4.78 is 22.4. The minimum atomic E-state index is -0.260. The Balaban J connectivity index is 2.61. The van der Waals surface area contributed by atoms with E-state index in [1.807, 2.05) is 19.1 Å². The van der Waals surface area contributed by atoms with E-state index in [9.17, 15) is 0 Å². The van der Waals surface area contributed by atoms with Crippen molar-refractivity contribution in [1.29, 1.82) is 0 Å². The first-order valence-corrected chi connectivity index (χ1v) is 7.34. The summed E-state index contributed by atoms with van der Waals surface area (Å²) in [6.45, 7) is 3.23. The van der Waals surface area contributed by atoms with Crippen molar-refractivity contribution in [3.63, 3.8) is 0 Å². The van der Waals surface area contributed by atoms with E-state index in [0.29, 0.717) is 13.2 Å². The van der Waals surface area contributed by atoms with Gasteiger partial charge in [-0.1, -0.05) is 19.8 Å². The first-order chi connectivity index (χ1) is 9.62. The summed E-state index contributed by atoms with van der Waals surface area (Å²) in [6.07, 6.45) is 2.90. The molecular weight excluding hydrogens is 260 g/mol. The smallest absolute Gasteiger partial charge is 0.175 e. The van der Waals surface area contributed by atoms with Gasteiger partial charge in [0.05, 0.1) is 19.3 Å². The van der Waals surface area contributed by atoms with E-state index < -0.39 is 0 Å². The van der Waals surface area contributed by atoms with Crippen LogP contribution in [0.1, 0.15) is 26.2 Å². The molecule has 0 unspecified atom stereocenters. The van der Waals surface area contributed by atoms with Gasteiger partial charge in [-0.2, -0.15) is 0 Å². The molecule has 1 N–H and O–H groups in total. The fourth-order valence-electron chi connectivity index (χ4n) is 2.38. The molecule has 120 valence electrons. The highest BCUT2D eigenvalue weighted by Crippen LogP contribution is 2.24. The van der Waals surface area contributed by atoms with Crippen LogP contribution in [0.15, 0.2) is 0 Å². The molecule has 0 aromatic heterocycles. The highest BCUT2D eigenvalue weighted by Gasteiger charge is 2.40. The molecule has 0 amide bonds. The van der Waals surface area contributed by atoms with Crippen molar-refractivity contribution in [2.45, 2.75) is 50.7 Å². The summed E-state index contributed by atoms with van der Waals surface area (Å²) in [5.41, 5.74) is 3.38. The standard InChI is InChI=1S/C14H30N2O4/c1-6-7-8-11(15-16(2)3)14-19-12(9-17-4)13(20-14)10-18-5/h11-15H,6-10H2,1-5H3/t11-,12-,13-/m0/s1. The summed E-state index contributed by atoms with van der Waals surface area (Å²) >= 11 is 0. The van der Waals surface area contributed by atoms with E-state index in [-0.39, 0.29) is 24.5 Å². The maximum atomic E-state index is 6.01. The molecule has 6 heteroatoms. The zero-order valence-electron chi connectivity index (χ0n) is 13.4. The Morgan fingerprint density at radius 2 is 1.65 bits per heavy atom. The monoisotopic (exact) mass is 290 g/mol. The predicted molar refractivity (Wildman–Crippen MR) is 77.4 cm³/mol. The van der Waals surface area contributed by atoms with Crippen LogP contribution in [0.5, 0.6) is 0 Å². The fourth-order valence-corrected chi connectivity index (χ4v) is 2.38. The number of unbranched alkanes of at least 4 members (excludes halogenated alkanes) is 1. The summed E-state index contributed by atoms with van der Waals surface area (Å²) in [7, 11) is 7.31. The minimum absolute atomic E-state index is 0.0713. The summed E-state index contributed by atoms with van der Waals surface area (Å²) in [5, 5.41) is 1.95. The Morgan fingerprint density at radius 1 is 1.10 bits per heavy atom. The molecule has 0 radical (unpaired) electrons. The van der Waals surface area contributed by atoms with Crippen molar-refractivity contribution in [2.75, 3.05) is 41.5 Å². The lowest BCUT2D eigenvalue weighted by Crippen LogP contribution is -2.47. The van der Waals surface area contributed by atoms with Crippen LogP contribution in [0.3, 0.4) is 0 Å². The van der Waals surface area contributed by atoms with Gasteiger partial charge in [0.2, 0.25) is 0 Å². The first kappa shape index (κ1) is 17.8. The van der Waals surface area contributed by atoms with Gasteiger partial charge in [-0.3, -0.25) is 5.01 Å². The van der Waals surface area contributed by atoms with E-state index in [1.165, 1.54) is 0 Å². The van der Waals surface area contributed by atoms with Crippen molar-refractivity contribution in [1.82, 2.24) is 10.4 Å². The molecule has 1 heterocycles. The van der Waals surface area contributed by atoms with Crippen LogP contribution >= 0.6 is 0 Å². The third-order valence-corrected chi connectivity index (χ3v) is 3.32. The molecule has 0 bridgehead atoms. The van der Waals surface area contributed by atoms with Gasteiger partial charge in [0.15, 0.2) is 6.29 Å². The zero-order chi connectivity index (χ0) is 15.0. The lowest BCUT2D eigenvalue weighted by atomic mass is 10.1. The van der Waals surface area contributed by atoms with Crippen LogP contribution < -0.4 is 5.43 Å². The van der Waals surface area contributed by atoms with Crippen LogP contribution in [0.2, 0.25) is 0 Å². The summed E-state index contributed by atoms with van der Waals surface area (Å²) in [5.74, 6) is 0. The van der Waals surface area contributed by atoms with E-state index in [2.05, 4.69) is 12.3 Å². The van der Waals surface area contributed by atoms with Crippen molar-refractivity contribution < 1.29 is 18.9 Å². The molecular formula is C14H30N2O4. The van der Waals surface area contributed by atoms with Gasteiger partial charge in [0.25, 0.3) is 0 Å². The number of nitrogens with one attached hydrogen (secondary N) is 1. The van der Waals surface area contributed by atoms with Gasteiger partial charge in [0.1, 0.15) is 12.2 Å². The molecule has 3 atom stereocenters. The lowest BCUT2D eigenvalue weighted by Gasteiger charge is -2.27. The molecule has 1 fully saturated rings. The molecule has 0 saturated carbocycles. The van der Waals surface area contributed by atoms with Crippen LogP contribution in [0.25, 0.3) is 0 Å². The van der Waals surface area contributed by atoms with Gasteiger partial charge < -0.3 is 18.9 Å². The second-order valence-corrected chi connectivity index (χ2v) is 5.40. The van der Waals surface area contributed by atoms with Crippen molar-refractivity contribution in [3.8, 4) is 0 Å². The third kappa shape index (κ3) is 5.63. The molecule has 0 spiro atoms. The number of rotatable bonds is 10. The number of hydrogen-bond acceptors (Lipinski definition) is 6. The van der Waals surface area contributed by atoms with Crippen LogP contribution in [-0.4, -0.2) is 71.1 Å². The Hall–Kier alpha value is -0.240. The number of methoxy groups -OCH3 is 2. The topological polar surface area (TPSA) is 52.2 Å². The number of ether oxygens (including phenoxy) is 4. The van der Waals surface area contributed by atoms with Crippen molar-refractivity contribution >= 4 is 0 Å². The molecule has 20 heavy (non-hydrogen) atoms. The van der Waals surface area contributed by atoms with Crippen molar-refractivity contribution in [2.24, 2.45) is 0 Å². The van der Waals surface area contributed by atoms with Crippen LogP contribution in [0.4, 0.5) is 0 Å². The SMILES string of the molecule is CCCC[C@H](NN(C)C)C1O[C@@H](COC)[C@H](COC)O1. The van der Waals surface area contributed by atoms with Gasteiger partial charge in [-0.05, 0) is 6.42 Å². The molecule has 0 aliphatic carbocycles. The third-order valence-electron chi connectivity index (χ3n) is 3.32.